The van der Waals surface area contributed by atoms with Gasteiger partial charge in [0.2, 0.25) is 0 Å². The van der Waals surface area contributed by atoms with Crippen LogP contribution < -0.4 is 15.0 Å². The molecule has 188 valence electrons. The van der Waals surface area contributed by atoms with E-state index >= 15 is 0 Å². The quantitative estimate of drug-likeness (QED) is 0.497. The molecule has 3 aromatic carbocycles. The fourth-order valence-electron chi connectivity index (χ4n) is 4.68. The van der Waals surface area contributed by atoms with E-state index in [1.165, 1.54) is 18.2 Å². The van der Waals surface area contributed by atoms with Crippen LogP contribution in [0.1, 0.15) is 66.8 Å². The van der Waals surface area contributed by atoms with Crippen LogP contribution in [0.25, 0.3) is 0 Å². The Bertz CT molecular complexity index is 1380. The molecular formula is C29H27N3O5. The van der Waals surface area contributed by atoms with Gasteiger partial charge in [0.05, 0.1) is 23.4 Å². The van der Waals surface area contributed by atoms with Gasteiger partial charge < -0.3 is 15.0 Å². The lowest BCUT2D eigenvalue weighted by molar-refractivity contribution is 0.0791. The van der Waals surface area contributed by atoms with Crippen LogP contribution in [-0.4, -0.2) is 48.2 Å². The number of benzene rings is 3. The first-order valence-corrected chi connectivity index (χ1v) is 12.4. The summed E-state index contributed by atoms with van der Waals surface area (Å²) < 4.78 is 5.43. The maximum absolute atomic E-state index is 13.1. The van der Waals surface area contributed by atoms with Gasteiger partial charge in [-0.25, -0.2) is 4.90 Å². The van der Waals surface area contributed by atoms with E-state index in [2.05, 4.69) is 5.32 Å². The van der Waals surface area contributed by atoms with Crippen molar-refractivity contribution in [3.8, 4) is 5.75 Å². The van der Waals surface area contributed by atoms with Crippen molar-refractivity contribution >= 4 is 29.3 Å². The topological polar surface area (TPSA) is 96.0 Å². The molecule has 5 rings (SSSR count). The van der Waals surface area contributed by atoms with Crippen LogP contribution in [0.15, 0.2) is 66.7 Å². The summed E-state index contributed by atoms with van der Waals surface area (Å²) in [6, 6.07) is 18.4. The summed E-state index contributed by atoms with van der Waals surface area (Å²) in [6.07, 6.45) is 2.04. The molecular weight excluding hydrogens is 470 g/mol. The molecule has 2 aliphatic rings. The average Bonchev–Trinajstić information content (AvgIpc) is 3.55. The van der Waals surface area contributed by atoms with E-state index in [-0.39, 0.29) is 35.0 Å². The van der Waals surface area contributed by atoms with Gasteiger partial charge in [0.1, 0.15) is 5.75 Å². The van der Waals surface area contributed by atoms with Crippen LogP contribution in [0, 0.1) is 0 Å². The molecule has 4 amide bonds. The zero-order valence-electron chi connectivity index (χ0n) is 20.5. The number of imide groups is 1. The van der Waals surface area contributed by atoms with Crippen molar-refractivity contribution in [2.45, 2.75) is 26.3 Å². The fraction of sp³-hybridized carbons (Fsp3) is 0.241. The number of carbonyl (C=O) groups is 4. The summed E-state index contributed by atoms with van der Waals surface area (Å²) >= 11 is 0. The van der Waals surface area contributed by atoms with Crippen molar-refractivity contribution in [3.63, 3.8) is 0 Å². The van der Waals surface area contributed by atoms with E-state index in [9.17, 15) is 19.2 Å². The van der Waals surface area contributed by atoms with Crippen LogP contribution >= 0.6 is 0 Å². The van der Waals surface area contributed by atoms with Gasteiger partial charge in [-0.1, -0.05) is 12.1 Å². The van der Waals surface area contributed by atoms with Crippen molar-refractivity contribution < 1.29 is 23.9 Å². The molecule has 0 bridgehead atoms. The van der Waals surface area contributed by atoms with E-state index in [0.717, 1.165) is 36.4 Å². The molecule has 37 heavy (non-hydrogen) atoms. The van der Waals surface area contributed by atoms with Crippen LogP contribution in [0.3, 0.4) is 0 Å². The molecule has 3 aromatic rings. The Morgan fingerprint density at radius 3 is 2.32 bits per heavy atom. The van der Waals surface area contributed by atoms with Gasteiger partial charge in [0.15, 0.2) is 0 Å². The minimum Gasteiger partial charge on any atom is -0.494 e. The highest BCUT2D eigenvalue weighted by Gasteiger charge is 2.37. The highest BCUT2D eigenvalue weighted by Crippen LogP contribution is 2.30. The second-order valence-corrected chi connectivity index (χ2v) is 9.02. The first-order chi connectivity index (χ1) is 18.0. The Hall–Kier alpha value is -4.46. The number of fused-ring (bicyclic) bond motifs is 1. The number of carbonyl (C=O) groups excluding carboxylic acids is 4. The van der Waals surface area contributed by atoms with Gasteiger partial charge in [-0.3, -0.25) is 19.2 Å². The van der Waals surface area contributed by atoms with E-state index in [1.807, 2.05) is 17.9 Å². The maximum Gasteiger partial charge on any atom is 0.266 e. The molecule has 0 aliphatic carbocycles. The van der Waals surface area contributed by atoms with Gasteiger partial charge in [0, 0.05) is 30.8 Å². The van der Waals surface area contributed by atoms with E-state index in [1.54, 1.807) is 42.5 Å². The molecule has 2 heterocycles. The molecule has 8 nitrogen and oxygen atoms in total. The molecule has 0 spiro atoms. The zero-order chi connectivity index (χ0) is 25.9. The molecule has 1 fully saturated rings. The minimum absolute atomic E-state index is 0.00422. The highest BCUT2D eigenvalue weighted by atomic mass is 16.5. The maximum atomic E-state index is 13.1. The number of amides is 4. The number of anilines is 1. The Morgan fingerprint density at radius 2 is 1.59 bits per heavy atom. The molecule has 0 atom stereocenters. The SMILES string of the molecule is CCOc1ccc(N2C(=O)c3ccc(C(=O)NCc4cccc(C(=O)N5CCCC5)c4)cc3C2=O)cc1. The summed E-state index contributed by atoms with van der Waals surface area (Å²) in [6.45, 7) is 4.16. The Morgan fingerprint density at radius 1 is 0.865 bits per heavy atom. The first kappa shape index (κ1) is 24.2. The van der Waals surface area contributed by atoms with Crippen LogP contribution in [-0.2, 0) is 6.54 Å². The second kappa shape index (κ2) is 10.3. The van der Waals surface area contributed by atoms with Gasteiger partial charge in [0.25, 0.3) is 23.6 Å². The molecule has 0 saturated carbocycles. The molecule has 0 aromatic heterocycles. The Labute approximate surface area is 214 Å². The number of hydrogen-bond acceptors (Lipinski definition) is 5. The molecule has 2 aliphatic heterocycles. The smallest absolute Gasteiger partial charge is 0.266 e. The summed E-state index contributed by atoms with van der Waals surface area (Å²) in [7, 11) is 0. The van der Waals surface area contributed by atoms with Crippen LogP contribution in [0.2, 0.25) is 0 Å². The van der Waals surface area contributed by atoms with Crippen molar-refractivity contribution in [1.29, 1.82) is 0 Å². The summed E-state index contributed by atoms with van der Waals surface area (Å²) in [5.74, 6) is -0.640. The van der Waals surface area contributed by atoms with E-state index < -0.39 is 11.8 Å². The monoisotopic (exact) mass is 497 g/mol. The first-order valence-electron chi connectivity index (χ1n) is 12.4. The number of ether oxygens (including phenoxy) is 1. The van der Waals surface area contributed by atoms with Crippen LogP contribution in [0.4, 0.5) is 5.69 Å². The van der Waals surface area contributed by atoms with Crippen molar-refractivity contribution in [1.82, 2.24) is 10.2 Å². The van der Waals surface area contributed by atoms with Crippen molar-refractivity contribution in [3.05, 3.63) is 94.5 Å². The number of likely N-dealkylation sites (tertiary alicyclic amines) is 1. The predicted molar refractivity (Wildman–Crippen MR) is 138 cm³/mol. The zero-order valence-corrected chi connectivity index (χ0v) is 20.5. The lowest BCUT2D eigenvalue weighted by Crippen LogP contribution is -2.29. The Kier molecular flexibility index (Phi) is 6.72. The van der Waals surface area contributed by atoms with Crippen molar-refractivity contribution in [2.75, 3.05) is 24.6 Å². The molecule has 1 saturated heterocycles. The number of rotatable bonds is 7. The van der Waals surface area contributed by atoms with E-state index in [4.69, 9.17) is 4.74 Å². The number of nitrogens with one attached hydrogen (secondary N) is 1. The fourth-order valence-corrected chi connectivity index (χ4v) is 4.68. The largest absolute Gasteiger partial charge is 0.494 e. The minimum atomic E-state index is -0.480. The number of nitrogens with zero attached hydrogens (tertiary/aromatic N) is 2. The summed E-state index contributed by atoms with van der Waals surface area (Å²) in [4.78, 5) is 54.5. The molecule has 1 N–H and O–H groups in total. The lowest BCUT2D eigenvalue weighted by Gasteiger charge is -2.15. The molecule has 0 unspecified atom stereocenters. The normalized spacial score (nSPS) is 14.6. The predicted octanol–water partition coefficient (Wildman–Crippen LogP) is 4.05. The third-order valence-electron chi connectivity index (χ3n) is 6.57. The second-order valence-electron chi connectivity index (χ2n) is 9.02. The summed E-state index contributed by atoms with van der Waals surface area (Å²) in [5.41, 5.74) is 2.55. The average molecular weight is 498 g/mol. The van der Waals surface area contributed by atoms with E-state index in [0.29, 0.717) is 23.6 Å². The third kappa shape index (κ3) is 4.82. The van der Waals surface area contributed by atoms with Gasteiger partial charge in [-0.2, -0.15) is 0 Å². The highest BCUT2D eigenvalue weighted by molar-refractivity contribution is 6.34. The lowest BCUT2D eigenvalue weighted by atomic mass is 10.0. The molecule has 0 radical (unpaired) electrons. The van der Waals surface area contributed by atoms with Crippen LogP contribution in [0.5, 0.6) is 5.75 Å². The third-order valence-corrected chi connectivity index (χ3v) is 6.57. The summed E-state index contributed by atoms with van der Waals surface area (Å²) in [5, 5.41) is 2.84. The number of hydrogen-bond donors (Lipinski definition) is 1. The molecule has 8 heteroatoms. The Balaban J connectivity index is 1.27. The standard InChI is InChI=1S/C29H27N3O5/c1-2-37-23-11-9-22(10-12-23)32-28(35)24-13-8-20(17-25(24)29(32)36)26(33)30-18-19-6-5-7-21(16-19)27(34)31-14-3-4-15-31/h5-13,16-17H,2-4,14-15,18H2,1H3,(H,30,33). The van der Waals surface area contributed by atoms with Gasteiger partial charge >= 0.3 is 0 Å². The van der Waals surface area contributed by atoms with Gasteiger partial charge in [-0.05, 0) is 79.9 Å². The van der Waals surface area contributed by atoms with Gasteiger partial charge in [-0.15, -0.1) is 0 Å². The van der Waals surface area contributed by atoms with Crippen molar-refractivity contribution in [2.24, 2.45) is 0 Å².